The van der Waals surface area contributed by atoms with Gasteiger partial charge in [0.2, 0.25) is 0 Å². The number of carboxylic acid groups (broad SMARTS) is 1. The minimum atomic E-state index is -1.17. The number of carbonyl (C=O) groups excluding carboxylic acids is 1. The molecule has 4 nitrogen and oxygen atoms in total. The van der Waals surface area contributed by atoms with Crippen molar-refractivity contribution in [2.24, 2.45) is 0 Å². The summed E-state index contributed by atoms with van der Waals surface area (Å²) in [5.74, 6) is -1.84. The standard InChI is InChI=1S/C5H6O4.Sr.2H/c1-9-5(8)3-2-4(6)7;;;/h2-3H,1H3,(H,6,7);;;. The molecule has 0 aliphatic heterocycles. The Morgan fingerprint density at radius 3 is 2.20 bits per heavy atom. The molecule has 0 aromatic carbocycles. The number of esters is 1. The van der Waals surface area contributed by atoms with Crippen LogP contribution in [0.2, 0.25) is 0 Å². The van der Waals surface area contributed by atoms with E-state index in [9.17, 15) is 9.59 Å². The SMILES string of the molecule is COC(=O)C=CC(=O)O.[SrH2]. The van der Waals surface area contributed by atoms with E-state index < -0.39 is 11.9 Å². The molecule has 0 rings (SSSR count). The van der Waals surface area contributed by atoms with Gasteiger partial charge in [-0.05, 0) is 0 Å². The van der Waals surface area contributed by atoms with Gasteiger partial charge >= 0.3 is 57.4 Å². The molecule has 0 saturated carbocycles. The number of hydrogen-bond donors (Lipinski definition) is 1. The van der Waals surface area contributed by atoms with Crippen molar-refractivity contribution in [1.82, 2.24) is 0 Å². The molecule has 0 saturated heterocycles. The Hall–Kier alpha value is 0.161. The summed E-state index contributed by atoms with van der Waals surface area (Å²) in [4.78, 5) is 19.9. The molecule has 0 spiro atoms. The van der Waals surface area contributed by atoms with Crippen LogP contribution >= 0.6 is 0 Å². The number of ether oxygens (including phenoxy) is 1. The first-order valence-corrected chi connectivity index (χ1v) is 2.15. The topological polar surface area (TPSA) is 63.6 Å². The van der Waals surface area contributed by atoms with Gasteiger partial charge < -0.3 is 9.84 Å². The Morgan fingerprint density at radius 1 is 1.40 bits per heavy atom. The Bertz CT molecular complexity index is 152. The van der Waals surface area contributed by atoms with Crippen molar-refractivity contribution < 1.29 is 19.4 Å². The van der Waals surface area contributed by atoms with Crippen molar-refractivity contribution >= 4 is 57.4 Å². The Balaban J connectivity index is 0. The van der Waals surface area contributed by atoms with Crippen LogP contribution in [0.4, 0.5) is 0 Å². The van der Waals surface area contributed by atoms with Crippen LogP contribution in [-0.4, -0.2) is 69.6 Å². The molecule has 0 bridgehead atoms. The van der Waals surface area contributed by atoms with Gasteiger partial charge in [0.15, 0.2) is 0 Å². The second-order valence-corrected chi connectivity index (χ2v) is 1.19. The fourth-order valence-corrected chi connectivity index (χ4v) is 0.207. The summed E-state index contributed by atoms with van der Waals surface area (Å²) in [6.07, 6.45) is 1.55. The normalized spacial score (nSPS) is 8.50. The maximum atomic E-state index is 10.1. The third-order valence-electron chi connectivity index (χ3n) is 0.563. The number of carboxylic acids is 1. The van der Waals surface area contributed by atoms with E-state index in [-0.39, 0.29) is 45.5 Å². The zero-order valence-electron chi connectivity index (χ0n) is 4.83. The summed E-state index contributed by atoms with van der Waals surface area (Å²) in [6.45, 7) is 0. The van der Waals surface area contributed by atoms with Crippen LogP contribution in [0.15, 0.2) is 12.2 Å². The molecule has 0 radical (unpaired) electrons. The zero-order chi connectivity index (χ0) is 7.28. The average Bonchev–Trinajstić information content (AvgIpc) is 1.83. The third kappa shape index (κ3) is 8.16. The molecule has 5 heteroatoms. The molecular weight excluding hydrogens is 212 g/mol. The molecule has 0 fully saturated rings. The molecule has 0 aliphatic carbocycles. The fourth-order valence-electron chi connectivity index (χ4n) is 0.207. The average molecular weight is 220 g/mol. The molecule has 0 aromatic heterocycles. The van der Waals surface area contributed by atoms with Crippen LogP contribution in [0.5, 0.6) is 0 Å². The van der Waals surface area contributed by atoms with Crippen molar-refractivity contribution in [3.05, 3.63) is 12.2 Å². The summed E-state index contributed by atoms with van der Waals surface area (Å²) in [6, 6.07) is 0. The quantitative estimate of drug-likeness (QED) is 0.363. The third-order valence-corrected chi connectivity index (χ3v) is 0.563. The van der Waals surface area contributed by atoms with Gasteiger partial charge in [0.05, 0.1) is 7.11 Å². The van der Waals surface area contributed by atoms with E-state index in [1.807, 2.05) is 0 Å². The predicted molar refractivity (Wildman–Crippen MR) is 37.3 cm³/mol. The van der Waals surface area contributed by atoms with Gasteiger partial charge in [0.1, 0.15) is 0 Å². The van der Waals surface area contributed by atoms with Crippen molar-refractivity contribution in [1.29, 1.82) is 0 Å². The number of aliphatic carboxylic acids is 1. The molecular formula is C5H8O4Sr. The van der Waals surface area contributed by atoms with Gasteiger partial charge in [-0.25, -0.2) is 9.59 Å². The second-order valence-electron chi connectivity index (χ2n) is 1.19. The molecule has 54 valence electrons. The van der Waals surface area contributed by atoms with Gasteiger partial charge in [-0.2, -0.15) is 0 Å². The molecule has 0 amide bonds. The monoisotopic (exact) mass is 220 g/mol. The summed E-state index contributed by atoms with van der Waals surface area (Å²) in [5, 5.41) is 7.96. The summed E-state index contributed by atoms with van der Waals surface area (Å²) >= 11 is 0. The Kier molecular flexibility index (Phi) is 9.31. The van der Waals surface area contributed by atoms with Crippen molar-refractivity contribution in [2.45, 2.75) is 0 Å². The molecule has 0 aliphatic rings. The van der Waals surface area contributed by atoms with Gasteiger partial charge in [0, 0.05) is 12.2 Å². The Morgan fingerprint density at radius 2 is 1.90 bits per heavy atom. The van der Waals surface area contributed by atoms with E-state index in [1.165, 1.54) is 7.11 Å². The first-order valence-electron chi connectivity index (χ1n) is 2.15. The summed E-state index contributed by atoms with van der Waals surface area (Å²) in [7, 11) is 1.18. The van der Waals surface area contributed by atoms with Crippen molar-refractivity contribution in [2.75, 3.05) is 7.11 Å². The van der Waals surface area contributed by atoms with Crippen LogP contribution in [0, 0.1) is 0 Å². The van der Waals surface area contributed by atoms with Gasteiger partial charge in [-0.15, -0.1) is 0 Å². The van der Waals surface area contributed by atoms with E-state index in [0.29, 0.717) is 6.08 Å². The molecule has 10 heavy (non-hydrogen) atoms. The first kappa shape index (κ1) is 12.8. The predicted octanol–water partition coefficient (Wildman–Crippen LogP) is -1.12. The van der Waals surface area contributed by atoms with Crippen LogP contribution in [0.25, 0.3) is 0 Å². The number of rotatable bonds is 2. The van der Waals surface area contributed by atoms with Crippen LogP contribution < -0.4 is 0 Å². The van der Waals surface area contributed by atoms with Gasteiger partial charge in [-0.3, -0.25) is 0 Å². The maximum absolute atomic E-state index is 10.1. The van der Waals surface area contributed by atoms with Crippen LogP contribution in [0.1, 0.15) is 0 Å². The van der Waals surface area contributed by atoms with E-state index in [2.05, 4.69) is 4.74 Å². The van der Waals surface area contributed by atoms with E-state index in [1.54, 1.807) is 0 Å². The number of hydrogen-bond acceptors (Lipinski definition) is 3. The second kappa shape index (κ2) is 7.27. The minimum absolute atomic E-state index is 0. The van der Waals surface area contributed by atoms with Crippen molar-refractivity contribution in [3.8, 4) is 0 Å². The van der Waals surface area contributed by atoms with E-state index >= 15 is 0 Å². The van der Waals surface area contributed by atoms with Crippen LogP contribution in [-0.2, 0) is 14.3 Å². The first-order chi connectivity index (χ1) is 4.16. The van der Waals surface area contributed by atoms with E-state index in [0.717, 1.165) is 6.08 Å². The summed E-state index contributed by atoms with van der Waals surface area (Å²) in [5.41, 5.74) is 0. The van der Waals surface area contributed by atoms with Gasteiger partial charge in [0.25, 0.3) is 0 Å². The van der Waals surface area contributed by atoms with E-state index in [4.69, 9.17) is 5.11 Å². The Labute approximate surface area is 95.1 Å². The molecule has 0 aromatic rings. The molecule has 1 N–H and O–H groups in total. The summed E-state index contributed by atoms with van der Waals surface area (Å²) < 4.78 is 4.11. The molecule has 0 unspecified atom stereocenters. The molecule has 0 atom stereocenters. The number of carbonyl (C=O) groups is 2. The fraction of sp³-hybridized carbons (Fsp3) is 0.200. The number of methoxy groups -OCH3 is 1. The van der Waals surface area contributed by atoms with Crippen LogP contribution in [0.3, 0.4) is 0 Å². The molecule has 0 heterocycles. The van der Waals surface area contributed by atoms with Gasteiger partial charge in [-0.1, -0.05) is 0 Å². The van der Waals surface area contributed by atoms with Crippen molar-refractivity contribution in [3.63, 3.8) is 0 Å². The zero-order valence-corrected chi connectivity index (χ0v) is 4.83.